The van der Waals surface area contributed by atoms with Gasteiger partial charge in [-0.3, -0.25) is 9.69 Å². The van der Waals surface area contributed by atoms with E-state index in [4.69, 9.17) is 32.7 Å². The predicted octanol–water partition coefficient (Wildman–Crippen LogP) is 6.05. The van der Waals surface area contributed by atoms with Crippen molar-refractivity contribution in [3.8, 4) is 11.5 Å². The summed E-state index contributed by atoms with van der Waals surface area (Å²) in [6, 6.07) is 20.7. The molecule has 1 fully saturated rings. The average Bonchev–Trinajstić information content (AvgIpc) is 3.00. The molecule has 0 radical (unpaired) electrons. The molecular weight excluding hydrogens is 573 g/mol. The van der Waals surface area contributed by atoms with E-state index in [9.17, 15) is 4.79 Å². The number of carbonyl (C=O) groups excluding carboxylic acids is 1. The largest absolute Gasteiger partial charge is 0.497 e. The lowest BCUT2D eigenvalue weighted by Crippen LogP contribution is -2.44. The highest BCUT2D eigenvalue weighted by Crippen LogP contribution is 2.32. The second-order valence-electron chi connectivity index (χ2n) is 10.1. The number of aromatic nitrogens is 2. The van der Waals surface area contributed by atoms with E-state index in [0.717, 1.165) is 43.1 Å². The Labute approximate surface area is 256 Å². The molecule has 42 heavy (non-hydrogen) atoms. The fourth-order valence-electron chi connectivity index (χ4n) is 5.01. The maximum absolute atomic E-state index is 14.0. The second kappa shape index (κ2) is 13.4. The summed E-state index contributed by atoms with van der Waals surface area (Å²) in [5.41, 5.74) is 4.03. The highest BCUT2D eigenvalue weighted by Gasteiger charge is 2.23. The molecule has 0 spiro atoms. The van der Waals surface area contributed by atoms with Crippen molar-refractivity contribution in [3.63, 3.8) is 0 Å². The third-order valence-corrected chi connectivity index (χ3v) is 8.13. The summed E-state index contributed by atoms with van der Waals surface area (Å²) in [7, 11) is 5.37. The number of benzene rings is 3. The third-order valence-electron chi connectivity index (χ3n) is 7.42. The van der Waals surface area contributed by atoms with Gasteiger partial charge in [0.1, 0.15) is 23.6 Å². The van der Waals surface area contributed by atoms with Crippen LogP contribution in [0.4, 0.5) is 17.2 Å². The molecule has 10 heteroatoms. The Morgan fingerprint density at radius 2 is 1.62 bits per heavy atom. The first-order valence-corrected chi connectivity index (χ1v) is 14.4. The van der Waals surface area contributed by atoms with E-state index >= 15 is 0 Å². The second-order valence-corrected chi connectivity index (χ2v) is 10.9. The van der Waals surface area contributed by atoms with Crippen molar-refractivity contribution in [2.45, 2.75) is 12.8 Å². The molecule has 3 aromatic carbocycles. The first kappa shape index (κ1) is 29.6. The van der Waals surface area contributed by atoms with E-state index < -0.39 is 0 Å². The molecule has 4 aromatic rings. The lowest BCUT2D eigenvalue weighted by molar-refractivity contribution is -0.117. The van der Waals surface area contributed by atoms with Crippen LogP contribution in [0.3, 0.4) is 0 Å². The van der Waals surface area contributed by atoms with Crippen molar-refractivity contribution in [1.82, 2.24) is 14.9 Å². The molecule has 8 nitrogen and oxygen atoms in total. The van der Waals surface area contributed by atoms with Crippen LogP contribution in [-0.2, 0) is 17.6 Å². The van der Waals surface area contributed by atoms with Crippen LogP contribution in [0.25, 0.3) is 0 Å². The van der Waals surface area contributed by atoms with Gasteiger partial charge in [0.05, 0.1) is 32.0 Å². The summed E-state index contributed by atoms with van der Waals surface area (Å²) in [5.74, 6) is 1.63. The van der Waals surface area contributed by atoms with Gasteiger partial charge < -0.3 is 19.3 Å². The first-order chi connectivity index (χ1) is 20.4. The zero-order valence-corrected chi connectivity index (χ0v) is 25.4. The number of hydrogen-bond acceptors (Lipinski definition) is 7. The van der Waals surface area contributed by atoms with Crippen LogP contribution < -0.4 is 19.3 Å². The van der Waals surface area contributed by atoms with Gasteiger partial charge in [-0.05, 0) is 55.1 Å². The summed E-state index contributed by atoms with van der Waals surface area (Å²) in [5, 5.41) is 0.882. The van der Waals surface area contributed by atoms with E-state index in [1.165, 1.54) is 6.33 Å². The molecule has 0 atom stereocenters. The Kier molecular flexibility index (Phi) is 9.47. The minimum absolute atomic E-state index is 0.00432. The fourth-order valence-corrected chi connectivity index (χ4v) is 5.54. The van der Waals surface area contributed by atoms with E-state index in [1.807, 2.05) is 48.5 Å². The summed E-state index contributed by atoms with van der Waals surface area (Å²) in [6.45, 7) is 3.92. The molecule has 1 aliphatic heterocycles. The zero-order valence-electron chi connectivity index (χ0n) is 23.9. The van der Waals surface area contributed by atoms with Crippen LogP contribution in [0.1, 0.15) is 16.8 Å². The standard InChI is InChI=1S/C32H33Cl2N5O3/c1-37-13-15-38(16-14-37)24-8-10-25(11-9-24)39(32(40)20-27-28(33)5-4-6-29(27)34)31-18-23(35-21-36-31)17-22-7-12-26(41-2)19-30(22)42-3/h4-12,18-19,21H,13-17,20H2,1-3H3. The summed E-state index contributed by atoms with van der Waals surface area (Å²) in [6.07, 6.45) is 1.95. The molecule has 218 valence electrons. The summed E-state index contributed by atoms with van der Waals surface area (Å²) >= 11 is 12.9. The van der Waals surface area contributed by atoms with Gasteiger partial charge >= 0.3 is 0 Å². The first-order valence-electron chi connectivity index (χ1n) is 13.7. The Bertz CT molecular complexity index is 1520. The van der Waals surface area contributed by atoms with E-state index in [1.54, 1.807) is 37.3 Å². The number of carbonyl (C=O) groups is 1. The molecule has 5 rings (SSSR count). The number of hydrogen-bond donors (Lipinski definition) is 0. The lowest BCUT2D eigenvalue weighted by Gasteiger charge is -2.34. The number of amides is 1. The van der Waals surface area contributed by atoms with Gasteiger partial charge in [0.15, 0.2) is 0 Å². The Balaban J connectivity index is 1.48. The molecule has 1 saturated heterocycles. The number of halogens is 2. The zero-order chi connectivity index (χ0) is 29.6. The highest BCUT2D eigenvalue weighted by molar-refractivity contribution is 6.36. The Hall–Kier alpha value is -3.85. The van der Waals surface area contributed by atoms with E-state index in [-0.39, 0.29) is 12.3 Å². The maximum Gasteiger partial charge on any atom is 0.237 e. The van der Waals surface area contributed by atoms with Crippen LogP contribution in [0, 0.1) is 0 Å². The molecule has 0 unspecified atom stereocenters. The van der Waals surface area contributed by atoms with Gasteiger partial charge in [-0.15, -0.1) is 0 Å². The van der Waals surface area contributed by atoms with Crippen molar-refractivity contribution >= 4 is 46.3 Å². The van der Waals surface area contributed by atoms with E-state index in [2.05, 4.69) is 26.8 Å². The Morgan fingerprint density at radius 3 is 2.29 bits per heavy atom. The van der Waals surface area contributed by atoms with Crippen molar-refractivity contribution in [1.29, 1.82) is 0 Å². The molecule has 1 aromatic heterocycles. The minimum atomic E-state index is -0.218. The number of piperazine rings is 1. The fraction of sp³-hybridized carbons (Fsp3) is 0.281. The molecule has 1 amide bonds. The van der Waals surface area contributed by atoms with Crippen molar-refractivity contribution in [3.05, 3.63) is 99.9 Å². The van der Waals surface area contributed by atoms with Crippen LogP contribution >= 0.6 is 23.2 Å². The van der Waals surface area contributed by atoms with E-state index in [0.29, 0.717) is 45.0 Å². The van der Waals surface area contributed by atoms with Gasteiger partial charge in [0, 0.05) is 66.0 Å². The molecule has 0 bridgehead atoms. The van der Waals surface area contributed by atoms with Crippen molar-refractivity contribution < 1.29 is 14.3 Å². The smallest absolute Gasteiger partial charge is 0.237 e. The normalized spacial score (nSPS) is 13.6. The number of anilines is 3. The lowest BCUT2D eigenvalue weighted by atomic mass is 10.1. The number of ether oxygens (including phenoxy) is 2. The van der Waals surface area contributed by atoms with Gasteiger partial charge in [-0.25, -0.2) is 9.97 Å². The van der Waals surface area contributed by atoms with Gasteiger partial charge in [0.25, 0.3) is 0 Å². The predicted molar refractivity (Wildman–Crippen MR) is 168 cm³/mol. The monoisotopic (exact) mass is 605 g/mol. The van der Waals surface area contributed by atoms with Gasteiger partial charge in [0.2, 0.25) is 5.91 Å². The molecule has 0 N–H and O–H groups in total. The quantitative estimate of drug-likeness (QED) is 0.230. The van der Waals surface area contributed by atoms with Crippen molar-refractivity contribution in [2.24, 2.45) is 0 Å². The van der Waals surface area contributed by atoms with Crippen LogP contribution in [0.5, 0.6) is 11.5 Å². The Morgan fingerprint density at radius 1 is 0.905 bits per heavy atom. The topological polar surface area (TPSA) is 71.0 Å². The molecule has 2 heterocycles. The maximum atomic E-state index is 14.0. The third kappa shape index (κ3) is 6.78. The molecule has 1 aliphatic rings. The van der Waals surface area contributed by atoms with Gasteiger partial charge in [-0.2, -0.15) is 0 Å². The van der Waals surface area contributed by atoms with Crippen LogP contribution in [0.2, 0.25) is 10.0 Å². The minimum Gasteiger partial charge on any atom is -0.497 e. The molecule has 0 saturated carbocycles. The summed E-state index contributed by atoms with van der Waals surface area (Å²) < 4.78 is 10.9. The molecular formula is C32H33Cl2N5O3. The highest BCUT2D eigenvalue weighted by atomic mass is 35.5. The van der Waals surface area contributed by atoms with Crippen molar-refractivity contribution in [2.75, 3.05) is 57.2 Å². The van der Waals surface area contributed by atoms with Gasteiger partial charge in [-0.1, -0.05) is 35.3 Å². The number of likely N-dealkylation sites (N-methyl/N-ethyl adjacent to an activating group) is 1. The van der Waals surface area contributed by atoms with Crippen LogP contribution in [0.15, 0.2) is 73.1 Å². The molecule has 0 aliphatic carbocycles. The number of nitrogens with zero attached hydrogens (tertiary/aromatic N) is 5. The number of rotatable bonds is 9. The number of methoxy groups -OCH3 is 2. The average molecular weight is 607 g/mol. The summed E-state index contributed by atoms with van der Waals surface area (Å²) in [4.78, 5) is 29.3. The SMILES string of the molecule is COc1ccc(Cc2cc(N(C(=O)Cc3c(Cl)cccc3Cl)c3ccc(N4CCN(C)CC4)cc3)ncn2)c(OC)c1. The van der Waals surface area contributed by atoms with Crippen LogP contribution in [-0.4, -0.2) is 68.2 Å².